The number of nitrogens with zero attached hydrogens (tertiary/aromatic N) is 3. The number of carbonyl (C=O) groups excluding carboxylic acids is 2. The van der Waals surface area contributed by atoms with Crippen molar-refractivity contribution in [3.63, 3.8) is 0 Å². The van der Waals surface area contributed by atoms with Crippen molar-refractivity contribution >= 4 is 23.4 Å². The molecule has 0 spiro atoms. The number of nitro benzene ring substituents is 2. The van der Waals surface area contributed by atoms with E-state index < -0.39 is 33.2 Å². The highest BCUT2D eigenvalue weighted by atomic mass is 16.6. The fourth-order valence-corrected chi connectivity index (χ4v) is 2.63. The zero-order valence-electron chi connectivity index (χ0n) is 14.0. The van der Waals surface area contributed by atoms with Gasteiger partial charge in [-0.05, 0) is 19.8 Å². The Hall–Kier alpha value is -3.24. The molecular weight excluding hydrogens is 348 g/mol. The number of rotatable bonds is 5. The van der Waals surface area contributed by atoms with Gasteiger partial charge in [-0.15, -0.1) is 0 Å². The Morgan fingerprint density at radius 3 is 2.15 bits per heavy atom. The monoisotopic (exact) mass is 366 g/mol. The molecule has 0 aromatic heterocycles. The van der Waals surface area contributed by atoms with Crippen LogP contribution >= 0.6 is 0 Å². The topological polar surface area (TPSA) is 145 Å². The van der Waals surface area contributed by atoms with Crippen LogP contribution in [0.25, 0.3) is 0 Å². The number of hydrogen-bond acceptors (Lipinski definition) is 7. The largest absolute Gasteiger partial charge is 0.450 e. The van der Waals surface area contributed by atoms with E-state index in [0.29, 0.717) is 25.9 Å². The first kappa shape index (κ1) is 19.1. The van der Waals surface area contributed by atoms with Crippen molar-refractivity contribution in [1.29, 1.82) is 0 Å². The molecule has 26 heavy (non-hydrogen) atoms. The maximum absolute atomic E-state index is 12.3. The fraction of sp³-hybridized carbons (Fsp3) is 0.467. The van der Waals surface area contributed by atoms with E-state index in [1.54, 1.807) is 6.92 Å². The first-order chi connectivity index (χ1) is 12.3. The minimum absolute atomic E-state index is 0.154. The van der Waals surface area contributed by atoms with Gasteiger partial charge < -0.3 is 15.0 Å². The number of benzene rings is 1. The molecule has 2 amide bonds. The maximum atomic E-state index is 12.3. The Labute approximate surface area is 148 Å². The highest BCUT2D eigenvalue weighted by molar-refractivity contribution is 5.95. The summed E-state index contributed by atoms with van der Waals surface area (Å²) >= 11 is 0. The van der Waals surface area contributed by atoms with Crippen molar-refractivity contribution in [3.8, 4) is 0 Å². The summed E-state index contributed by atoms with van der Waals surface area (Å²) < 4.78 is 4.91. The summed E-state index contributed by atoms with van der Waals surface area (Å²) in [6.07, 6.45) is 0.565. The van der Waals surface area contributed by atoms with Crippen LogP contribution in [0.1, 0.15) is 30.1 Å². The Bertz CT molecular complexity index is 696. The van der Waals surface area contributed by atoms with Gasteiger partial charge in [0.05, 0.1) is 28.1 Å². The van der Waals surface area contributed by atoms with Crippen LogP contribution < -0.4 is 5.32 Å². The molecular formula is C15H18N4O7. The highest BCUT2D eigenvalue weighted by Crippen LogP contribution is 2.23. The number of non-ortho nitro benzene ring substituents is 2. The van der Waals surface area contributed by atoms with Gasteiger partial charge in [0, 0.05) is 31.3 Å². The molecule has 1 fully saturated rings. The molecule has 1 aliphatic rings. The molecule has 11 nitrogen and oxygen atoms in total. The number of likely N-dealkylation sites (tertiary alicyclic amines) is 1. The van der Waals surface area contributed by atoms with Crippen molar-refractivity contribution < 1.29 is 24.2 Å². The Balaban J connectivity index is 2.03. The molecule has 0 aliphatic carbocycles. The van der Waals surface area contributed by atoms with Crippen molar-refractivity contribution in [3.05, 3.63) is 44.0 Å². The van der Waals surface area contributed by atoms with Gasteiger partial charge in [-0.25, -0.2) is 4.79 Å². The van der Waals surface area contributed by atoms with Crippen molar-refractivity contribution in [2.45, 2.75) is 25.8 Å². The van der Waals surface area contributed by atoms with Crippen LogP contribution in [0, 0.1) is 20.2 Å². The molecule has 0 radical (unpaired) electrons. The molecule has 0 bridgehead atoms. The van der Waals surface area contributed by atoms with E-state index in [4.69, 9.17) is 4.74 Å². The minimum Gasteiger partial charge on any atom is -0.450 e. The van der Waals surface area contributed by atoms with E-state index in [9.17, 15) is 29.8 Å². The maximum Gasteiger partial charge on any atom is 0.409 e. The summed E-state index contributed by atoms with van der Waals surface area (Å²) in [7, 11) is 0. The predicted molar refractivity (Wildman–Crippen MR) is 88.8 cm³/mol. The minimum atomic E-state index is -0.790. The quantitative estimate of drug-likeness (QED) is 0.618. The van der Waals surface area contributed by atoms with Gasteiger partial charge in [-0.3, -0.25) is 25.0 Å². The van der Waals surface area contributed by atoms with Crippen LogP contribution in [0.3, 0.4) is 0 Å². The molecule has 0 unspecified atom stereocenters. The predicted octanol–water partition coefficient (Wildman–Crippen LogP) is 1.85. The number of hydrogen-bond donors (Lipinski definition) is 1. The molecule has 1 aliphatic heterocycles. The summed E-state index contributed by atoms with van der Waals surface area (Å²) in [4.78, 5) is 45.7. The highest BCUT2D eigenvalue weighted by Gasteiger charge is 2.26. The lowest BCUT2D eigenvalue weighted by molar-refractivity contribution is -0.394. The third kappa shape index (κ3) is 4.65. The second kappa shape index (κ2) is 8.23. The summed E-state index contributed by atoms with van der Waals surface area (Å²) in [5.41, 5.74) is -1.21. The number of piperidine rings is 1. The van der Waals surface area contributed by atoms with Gasteiger partial charge in [-0.1, -0.05) is 0 Å². The normalized spacial score (nSPS) is 14.6. The first-order valence-corrected chi connectivity index (χ1v) is 7.98. The average Bonchev–Trinajstić information content (AvgIpc) is 2.62. The summed E-state index contributed by atoms with van der Waals surface area (Å²) in [6.45, 7) is 2.79. The van der Waals surface area contributed by atoms with Crippen LogP contribution in [0.5, 0.6) is 0 Å². The van der Waals surface area contributed by atoms with E-state index in [2.05, 4.69) is 5.32 Å². The fourth-order valence-electron chi connectivity index (χ4n) is 2.63. The third-order valence-electron chi connectivity index (χ3n) is 3.94. The lowest BCUT2D eigenvalue weighted by atomic mass is 10.0. The molecule has 1 heterocycles. The zero-order valence-corrected chi connectivity index (χ0v) is 14.0. The molecule has 2 rings (SSSR count). The van der Waals surface area contributed by atoms with Gasteiger partial charge in [0.15, 0.2) is 0 Å². The standard InChI is InChI=1S/C15H18N4O7/c1-2-26-15(21)17-5-3-11(4-6-17)16-14(20)10-7-12(18(22)23)9-13(8-10)19(24)25/h7-9,11H,2-6H2,1H3,(H,16,20). The second-order valence-corrected chi connectivity index (χ2v) is 5.69. The number of amides is 2. The van der Waals surface area contributed by atoms with E-state index in [1.807, 2.05) is 0 Å². The lowest BCUT2D eigenvalue weighted by Crippen LogP contribution is -2.46. The van der Waals surface area contributed by atoms with E-state index in [-0.39, 0.29) is 18.2 Å². The molecule has 140 valence electrons. The van der Waals surface area contributed by atoms with Gasteiger partial charge in [0.25, 0.3) is 17.3 Å². The number of nitro groups is 2. The number of ether oxygens (including phenoxy) is 1. The lowest BCUT2D eigenvalue weighted by Gasteiger charge is -2.31. The Kier molecular flexibility index (Phi) is 6.04. The van der Waals surface area contributed by atoms with Gasteiger partial charge in [-0.2, -0.15) is 0 Å². The van der Waals surface area contributed by atoms with Crippen LogP contribution in [0.4, 0.5) is 16.2 Å². The van der Waals surface area contributed by atoms with Crippen molar-refractivity contribution in [1.82, 2.24) is 10.2 Å². The summed E-state index contributed by atoms with van der Waals surface area (Å²) in [5.74, 6) is -0.633. The van der Waals surface area contributed by atoms with Crippen LogP contribution in [-0.4, -0.2) is 52.5 Å². The zero-order chi connectivity index (χ0) is 19.3. The average molecular weight is 366 g/mol. The molecule has 0 atom stereocenters. The number of carbonyl (C=O) groups is 2. The molecule has 1 aromatic rings. The third-order valence-corrected chi connectivity index (χ3v) is 3.94. The molecule has 11 heteroatoms. The van der Waals surface area contributed by atoms with E-state index >= 15 is 0 Å². The van der Waals surface area contributed by atoms with E-state index in [0.717, 1.165) is 18.2 Å². The summed E-state index contributed by atoms with van der Waals surface area (Å²) in [6, 6.07) is 2.55. The van der Waals surface area contributed by atoms with Crippen molar-refractivity contribution in [2.75, 3.05) is 19.7 Å². The molecule has 1 N–H and O–H groups in total. The Morgan fingerprint density at radius 2 is 1.69 bits per heavy atom. The van der Waals surface area contributed by atoms with E-state index in [1.165, 1.54) is 4.90 Å². The SMILES string of the molecule is CCOC(=O)N1CCC(NC(=O)c2cc([N+](=O)[O-])cc([N+](=O)[O-])c2)CC1. The van der Waals surface area contributed by atoms with Crippen molar-refractivity contribution in [2.24, 2.45) is 0 Å². The first-order valence-electron chi connectivity index (χ1n) is 7.98. The smallest absolute Gasteiger partial charge is 0.409 e. The number of nitrogens with one attached hydrogen (secondary N) is 1. The molecule has 1 saturated heterocycles. The van der Waals surface area contributed by atoms with Gasteiger partial charge in [0.2, 0.25) is 0 Å². The summed E-state index contributed by atoms with van der Waals surface area (Å²) in [5, 5.41) is 24.5. The van der Waals surface area contributed by atoms with Gasteiger partial charge >= 0.3 is 6.09 Å². The molecule has 1 aromatic carbocycles. The van der Waals surface area contributed by atoms with Crippen LogP contribution in [-0.2, 0) is 4.74 Å². The van der Waals surface area contributed by atoms with Crippen LogP contribution in [0.15, 0.2) is 18.2 Å². The second-order valence-electron chi connectivity index (χ2n) is 5.69. The Morgan fingerprint density at radius 1 is 1.15 bits per heavy atom. The molecule has 0 saturated carbocycles. The van der Waals surface area contributed by atoms with Crippen LogP contribution in [0.2, 0.25) is 0 Å². The van der Waals surface area contributed by atoms with Gasteiger partial charge in [0.1, 0.15) is 0 Å².